The summed E-state index contributed by atoms with van der Waals surface area (Å²) in [5.41, 5.74) is 0. The molecule has 1 aromatic rings. The van der Waals surface area contributed by atoms with E-state index in [4.69, 9.17) is 0 Å². The van der Waals surface area contributed by atoms with Crippen LogP contribution in [0.25, 0.3) is 0 Å². The Kier molecular flexibility index (Phi) is 4.97. The van der Waals surface area contributed by atoms with Gasteiger partial charge >= 0.3 is 6.18 Å². The van der Waals surface area contributed by atoms with Gasteiger partial charge in [-0.2, -0.15) is 13.2 Å². The van der Waals surface area contributed by atoms with Crippen molar-refractivity contribution in [3.63, 3.8) is 0 Å². The van der Waals surface area contributed by atoms with Crippen LogP contribution in [0.2, 0.25) is 0 Å². The van der Waals surface area contributed by atoms with Gasteiger partial charge in [-0.1, -0.05) is 20.3 Å². The van der Waals surface area contributed by atoms with Crippen molar-refractivity contribution in [3.8, 4) is 0 Å². The Hall–Kier alpha value is -1.53. The highest BCUT2D eigenvalue weighted by atomic mass is 19.4. The fourth-order valence-corrected chi connectivity index (χ4v) is 1.57. The molecular formula is C12H19F3N4. The van der Waals surface area contributed by atoms with E-state index in [0.29, 0.717) is 12.5 Å². The minimum atomic E-state index is -4.54. The summed E-state index contributed by atoms with van der Waals surface area (Å²) in [5.74, 6) is -0.307. The van der Waals surface area contributed by atoms with Crippen LogP contribution < -0.4 is 10.2 Å². The zero-order valence-corrected chi connectivity index (χ0v) is 11.5. The number of alkyl halides is 3. The first-order valence-corrected chi connectivity index (χ1v) is 6.13. The number of hydrogen-bond donors (Lipinski definition) is 1. The summed E-state index contributed by atoms with van der Waals surface area (Å²) in [6.45, 7) is 4.73. The second-order valence-electron chi connectivity index (χ2n) is 4.58. The summed E-state index contributed by atoms with van der Waals surface area (Å²) in [5, 5.41) is 2.62. The Morgan fingerprint density at radius 2 is 2.00 bits per heavy atom. The second kappa shape index (κ2) is 6.08. The van der Waals surface area contributed by atoms with E-state index in [1.54, 1.807) is 11.9 Å². The molecule has 1 aromatic heterocycles. The molecule has 0 aliphatic carbocycles. The predicted molar refractivity (Wildman–Crippen MR) is 69.3 cm³/mol. The molecule has 0 bridgehead atoms. The smallest absolute Gasteiger partial charge is 0.373 e. The first-order chi connectivity index (χ1) is 8.77. The van der Waals surface area contributed by atoms with E-state index in [1.807, 2.05) is 13.8 Å². The van der Waals surface area contributed by atoms with Gasteiger partial charge in [0.2, 0.25) is 5.82 Å². The van der Waals surface area contributed by atoms with Crippen molar-refractivity contribution in [3.05, 3.63) is 11.9 Å². The van der Waals surface area contributed by atoms with Gasteiger partial charge in [0, 0.05) is 26.7 Å². The summed E-state index contributed by atoms with van der Waals surface area (Å²) in [6, 6.07) is 1.51. The zero-order valence-electron chi connectivity index (χ0n) is 11.5. The van der Waals surface area contributed by atoms with Crippen LogP contribution in [0.4, 0.5) is 24.8 Å². The molecule has 0 saturated carbocycles. The van der Waals surface area contributed by atoms with Crippen molar-refractivity contribution >= 4 is 11.6 Å². The molecule has 4 nitrogen and oxygen atoms in total. The Balaban J connectivity index is 3.06. The minimum Gasteiger partial charge on any atom is -0.373 e. The molecule has 0 aliphatic rings. The van der Waals surface area contributed by atoms with Gasteiger partial charge in [0.1, 0.15) is 11.6 Å². The molecule has 7 heteroatoms. The van der Waals surface area contributed by atoms with E-state index in [1.165, 1.54) is 13.1 Å². The Bertz CT molecular complexity index is 420. The summed E-state index contributed by atoms with van der Waals surface area (Å²) < 4.78 is 38.1. The van der Waals surface area contributed by atoms with Crippen LogP contribution >= 0.6 is 0 Å². The molecule has 1 rings (SSSR count). The number of nitrogens with one attached hydrogen (secondary N) is 1. The Morgan fingerprint density at radius 3 is 2.47 bits per heavy atom. The lowest BCUT2D eigenvalue weighted by Crippen LogP contribution is -2.26. The van der Waals surface area contributed by atoms with Gasteiger partial charge in [-0.3, -0.25) is 0 Å². The molecule has 0 fully saturated rings. The SMILES string of the molecule is CCC(C)CN(C)c1cc(NC)nc(C(F)(F)F)n1. The average Bonchev–Trinajstić information content (AvgIpc) is 2.36. The minimum absolute atomic E-state index is 0.160. The molecule has 0 saturated heterocycles. The fraction of sp³-hybridized carbons (Fsp3) is 0.667. The molecule has 0 spiro atoms. The summed E-state index contributed by atoms with van der Waals surface area (Å²) in [7, 11) is 3.26. The van der Waals surface area contributed by atoms with Crippen LogP contribution in [-0.2, 0) is 6.18 Å². The third-order valence-electron chi connectivity index (χ3n) is 2.90. The van der Waals surface area contributed by atoms with Crippen LogP contribution in [0.5, 0.6) is 0 Å². The van der Waals surface area contributed by atoms with Crippen molar-refractivity contribution in [1.29, 1.82) is 0 Å². The molecule has 0 radical (unpaired) electrons. The molecule has 19 heavy (non-hydrogen) atoms. The van der Waals surface area contributed by atoms with Gasteiger partial charge in [-0.15, -0.1) is 0 Å². The highest BCUT2D eigenvalue weighted by Gasteiger charge is 2.35. The second-order valence-corrected chi connectivity index (χ2v) is 4.58. The maximum Gasteiger partial charge on any atom is 0.451 e. The van der Waals surface area contributed by atoms with Gasteiger partial charge in [-0.05, 0) is 5.92 Å². The van der Waals surface area contributed by atoms with Crippen LogP contribution in [0.3, 0.4) is 0 Å². The standard InChI is InChI=1S/C12H19F3N4/c1-5-8(2)7-19(4)10-6-9(16-3)17-11(18-10)12(13,14)15/h6,8H,5,7H2,1-4H3,(H,16,17,18). The summed E-state index contributed by atoms with van der Waals surface area (Å²) in [4.78, 5) is 8.73. The lowest BCUT2D eigenvalue weighted by Gasteiger charge is -2.22. The molecule has 1 unspecified atom stereocenters. The quantitative estimate of drug-likeness (QED) is 0.897. The first kappa shape index (κ1) is 15.5. The molecule has 108 valence electrons. The molecule has 0 aliphatic heterocycles. The van der Waals surface area contributed by atoms with Gasteiger partial charge < -0.3 is 10.2 Å². The molecule has 1 N–H and O–H groups in total. The third kappa shape index (κ3) is 4.25. The number of nitrogens with zero attached hydrogens (tertiary/aromatic N) is 3. The van der Waals surface area contributed by atoms with E-state index < -0.39 is 12.0 Å². The van der Waals surface area contributed by atoms with Crippen molar-refractivity contribution in [2.24, 2.45) is 5.92 Å². The molecule has 0 amide bonds. The van der Waals surface area contributed by atoms with E-state index >= 15 is 0 Å². The van der Waals surface area contributed by atoms with Gasteiger partial charge in [0.25, 0.3) is 0 Å². The largest absolute Gasteiger partial charge is 0.451 e. The van der Waals surface area contributed by atoms with Crippen LogP contribution in [0.15, 0.2) is 6.07 Å². The highest BCUT2D eigenvalue weighted by molar-refractivity contribution is 5.49. The van der Waals surface area contributed by atoms with Crippen LogP contribution in [0.1, 0.15) is 26.1 Å². The van der Waals surface area contributed by atoms with Gasteiger partial charge in [0.15, 0.2) is 0 Å². The van der Waals surface area contributed by atoms with E-state index in [2.05, 4.69) is 15.3 Å². The number of halogens is 3. The van der Waals surface area contributed by atoms with Crippen molar-refractivity contribution in [2.75, 3.05) is 30.9 Å². The molecule has 1 heterocycles. The molecule has 0 aromatic carbocycles. The topological polar surface area (TPSA) is 41.0 Å². The van der Waals surface area contributed by atoms with Crippen molar-refractivity contribution < 1.29 is 13.2 Å². The zero-order chi connectivity index (χ0) is 14.6. The van der Waals surface area contributed by atoms with E-state index in [9.17, 15) is 13.2 Å². The number of anilines is 2. The maximum absolute atomic E-state index is 12.7. The molecular weight excluding hydrogens is 257 g/mol. The lowest BCUT2D eigenvalue weighted by atomic mass is 10.1. The first-order valence-electron chi connectivity index (χ1n) is 6.13. The van der Waals surface area contributed by atoms with Crippen molar-refractivity contribution in [1.82, 2.24) is 9.97 Å². The fourth-order valence-electron chi connectivity index (χ4n) is 1.57. The monoisotopic (exact) mass is 276 g/mol. The number of hydrogen-bond acceptors (Lipinski definition) is 4. The van der Waals surface area contributed by atoms with Gasteiger partial charge in [0.05, 0.1) is 0 Å². The maximum atomic E-state index is 12.7. The van der Waals surface area contributed by atoms with E-state index in [-0.39, 0.29) is 11.6 Å². The average molecular weight is 276 g/mol. The third-order valence-corrected chi connectivity index (χ3v) is 2.90. The predicted octanol–water partition coefficient (Wildman–Crippen LogP) is 3.02. The number of rotatable bonds is 5. The van der Waals surface area contributed by atoms with Crippen molar-refractivity contribution in [2.45, 2.75) is 26.4 Å². The van der Waals surface area contributed by atoms with E-state index in [0.717, 1.165) is 6.42 Å². The van der Waals surface area contributed by atoms with Crippen LogP contribution in [-0.4, -0.2) is 30.6 Å². The van der Waals surface area contributed by atoms with Crippen LogP contribution in [0, 0.1) is 5.92 Å². The summed E-state index contributed by atoms with van der Waals surface area (Å²) in [6.07, 6.45) is -3.58. The lowest BCUT2D eigenvalue weighted by molar-refractivity contribution is -0.144. The molecule has 1 atom stereocenters. The Morgan fingerprint density at radius 1 is 1.37 bits per heavy atom. The Labute approximate surface area is 111 Å². The summed E-state index contributed by atoms with van der Waals surface area (Å²) >= 11 is 0. The normalized spacial score (nSPS) is 13.2. The number of aromatic nitrogens is 2. The van der Waals surface area contributed by atoms with Gasteiger partial charge in [-0.25, -0.2) is 9.97 Å². The highest BCUT2D eigenvalue weighted by Crippen LogP contribution is 2.29.